The maximum absolute atomic E-state index is 4.59. The van der Waals surface area contributed by atoms with Crippen molar-refractivity contribution in [3.8, 4) is 5.69 Å². The fourth-order valence-corrected chi connectivity index (χ4v) is 2.25. The zero-order chi connectivity index (χ0) is 15.6. The summed E-state index contributed by atoms with van der Waals surface area (Å²) in [6.45, 7) is 4.45. The molecular weight excluding hydrogens is 294 g/mol. The van der Waals surface area contributed by atoms with E-state index in [2.05, 4.69) is 33.9 Å². The van der Waals surface area contributed by atoms with E-state index in [4.69, 9.17) is 0 Å². The lowest BCUT2D eigenvalue weighted by atomic mass is 10.3. The van der Waals surface area contributed by atoms with Crippen molar-refractivity contribution in [1.82, 2.24) is 20.4 Å². The highest BCUT2D eigenvalue weighted by Gasteiger charge is 2.01. The van der Waals surface area contributed by atoms with Crippen LogP contribution in [0.25, 0.3) is 5.69 Å². The van der Waals surface area contributed by atoms with Gasteiger partial charge in [-0.15, -0.1) is 0 Å². The van der Waals surface area contributed by atoms with Crippen molar-refractivity contribution >= 4 is 17.7 Å². The van der Waals surface area contributed by atoms with E-state index >= 15 is 0 Å². The molecule has 0 atom stereocenters. The molecule has 1 aromatic carbocycles. The molecule has 2 rings (SSSR count). The van der Waals surface area contributed by atoms with Crippen LogP contribution in [0.5, 0.6) is 0 Å². The van der Waals surface area contributed by atoms with E-state index in [0.29, 0.717) is 6.54 Å². The minimum Gasteiger partial charge on any atom is -0.357 e. The Morgan fingerprint density at radius 3 is 2.82 bits per heavy atom. The fraction of sp³-hybridized carbons (Fsp3) is 0.375. The number of hydrogen-bond donors (Lipinski definition) is 2. The number of aliphatic imine (C=N–C) groups is 1. The van der Waals surface area contributed by atoms with Crippen LogP contribution in [0.2, 0.25) is 0 Å². The van der Waals surface area contributed by atoms with Crippen LogP contribution in [0.4, 0.5) is 0 Å². The topological polar surface area (TPSA) is 54.2 Å². The highest BCUT2D eigenvalue weighted by atomic mass is 32.2. The molecule has 0 saturated carbocycles. The molecule has 0 spiro atoms. The number of guanidine groups is 1. The fourth-order valence-electron chi connectivity index (χ4n) is 1.95. The van der Waals surface area contributed by atoms with Gasteiger partial charge < -0.3 is 10.6 Å². The summed E-state index contributed by atoms with van der Waals surface area (Å²) in [4.78, 5) is 4.59. The summed E-state index contributed by atoms with van der Waals surface area (Å²) in [6.07, 6.45) is 5.98. The van der Waals surface area contributed by atoms with Gasteiger partial charge in [-0.05, 0) is 25.3 Å². The first-order chi connectivity index (χ1) is 10.8. The molecule has 0 saturated heterocycles. The Kier molecular flexibility index (Phi) is 6.83. The number of hydrogen-bond acceptors (Lipinski definition) is 3. The molecular formula is C16H23N5S. The monoisotopic (exact) mass is 317 g/mol. The lowest BCUT2D eigenvalue weighted by molar-refractivity contribution is 0.842. The first-order valence-corrected chi connectivity index (χ1v) is 8.83. The maximum Gasteiger partial charge on any atom is 0.191 e. The van der Waals surface area contributed by atoms with Gasteiger partial charge in [0.2, 0.25) is 0 Å². The third-order valence-corrected chi connectivity index (χ3v) is 3.63. The third kappa shape index (κ3) is 5.11. The average Bonchev–Trinajstić information content (AvgIpc) is 3.03. The van der Waals surface area contributed by atoms with Crippen LogP contribution in [0.15, 0.2) is 47.7 Å². The largest absolute Gasteiger partial charge is 0.357 e. The van der Waals surface area contributed by atoms with Crippen LogP contribution in [0.1, 0.15) is 12.5 Å². The normalized spacial score (nSPS) is 11.5. The van der Waals surface area contributed by atoms with E-state index in [1.54, 1.807) is 0 Å². The summed E-state index contributed by atoms with van der Waals surface area (Å²) < 4.78 is 1.87. The molecule has 0 radical (unpaired) electrons. The zero-order valence-electron chi connectivity index (χ0n) is 13.1. The Labute approximate surface area is 136 Å². The lowest BCUT2D eigenvalue weighted by Crippen LogP contribution is -2.38. The molecule has 22 heavy (non-hydrogen) atoms. The average molecular weight is 317 g/mol. The van der Waals surface area contributed by atoms with Crippen molar-refractivity contribution in [3.63, 3.8) is 0 Å². The Hall–Kier alpha value is -1.95. The summed E-state index contributed by atoms with van der Waals surface area (Å²) in [5.41, 5.74) is 2.15. The molecule has 2 aromatic rings. The molecule has 118 valence electrons. The van der Waals surface area contributed by atoms with Crippen molar-refractivity contribution in [2.24, 2.45) is 4.99 Å². The van der Waals surface area contributed by atoms with E-state index < -0.39 is 0 Å². The van der Waals surface area contributed by atoms with Crippen molar-refractivity contribution in [2.75, 3.05) is 25.1 Å². The van der Waals surface area contributed by atoms with Gasteiger partial charge in [0.25, 0.3) is 0 Å². The molecule has 2 N–H and O–H groups in total. The number of benzene rings is 1. The molecule has 0 aliphatic rings. The van der Waals surface area contributed by atoms with E-state index in [1.165, 1.54) is 0 Å². The minimum absolute atomic E-state index is 0.613. The molecule has 6 heteroatoms. The maximum atomic E-state index is 4.59. The predicted molar refractivity (Wildman–Crippen MR) is 94.8 cm³/mol. The van der Waals surface area contributed by atoms with Gasteiger partial charge in [-0.2, -0.15) is 16.9 Å². The summed E-state index contributed by atoms with van der Waals surface area (Å²) >= 11 is 1.82. The number of thioether (sulfide) groups is 1. The van der Waals surface area contributed by atoms with Gasteiger partial charge >= 0.3 is 0 Å². The summed E-state index contributed by atoms with van der Waals surface area (Å²) in [6, 6.07) is 10.1. The molecule has 0 aliphatic carbocycles. The van der Waals surface area contributed by atoms with E-state index in [1.807, 2.05) is 59.2 Å². The Morgan fingerprint density at radius 1 is 1.27 bits per heavy atom. The van der Waals surface area contributed by atoms with Gasteiger partial charge in [-0.25, -0.2) is 9.67 Å². The van der Waals surface area contributed by atoms with Gasteiger partial charge in [0.15, 0.2) is 5.96 Å². The number of rotatable bonds is 7. The number of para-hydroxylation sites is 1. The highest BCUT2D eigenvalue weighted by molar-refractivity contribution is 7.98. The van der Waals surface area contributed by atoms with Crippen molar-refractivity contribution in [3.05, 3.63) is 48.3 Å². The zero-order valence-corrected chi connectivity index (χ0v) is 13.9. The van der Waals surface area contributed by atoms with E-state index in [-0.39, 0.29) is 0 Å². The Morgan fingerprint density at radius 2 is 2.09 bits per heavy atom. The standard InChI is InChI=1S/C16H23N5S/c1-3-17-16(18-9-10-22-2)19-11-14-12-20-21(13-14)15-7-5-4-6-8-15/h4-8,12-13H,3,9-11H2,1-2H3,(H2,17,18,19). The minimum atomic E-state index is 0.613. The third-order valence-electron chi connectivity index (χ3n) is 3.02. The molecule has 1 aromatic heterocycles. The van der Waals surface area contributed by atoms with E-state index in [9.17, 15) is 0 Å². The first-order valence-electron chi connectivity index (χ1n) is 7.43. The van der Waals surface area contributed by atoms with Crippen LogP contribution in [0, 0.1) is 0 Å². The van der Waals surface area contributed by atoms with Crippen LogP contribution < -0.4 is 10.6 Å². The highest BCUT2D eigenvalue weighted by Crippen LogP contribution is 2.08. The number of aromatic nitrogens is 2. The van der Waals surface area contributed by atoms with Crippen molar-refractivity contribution < 1.29 is 0 Å². The first kappa shape index (κ1) is 16.4. The van der Waals surface area contributed by atoms with Gasteiger partial charge in [-0.3, -0.25) is 0 Å². The lowest BCUT2D eigenvalue weighted by Gasteiger charge is -2.10. The van der Waals surface area contributed by atoms with Crippen LogP contribution in [-0.4, -0.2) is 40.8 Å². The SMILES string of the molecule is CCNC(=NCc1cnn(-c2ccccc2)c1)NCCSC. The molecule has 0 aliphatic heterocycles. The molecule has 0 unspecified atom stereocenters. The van der Waals surface area contributed by atoms with E-state index in [0.717, 1.165) is 36.1 Å². The molecule has 0 amide bonds. The van der Waals surface area contributed by atoms with Crippen molar-refractivity contribution in [1.29, 1.82) is 0 Å². The number of nitrogens with zero attached hydrogens (tertiary/aromatic N) is 3. The Balaban J connectivity index is 1.97. The van der Waals surface area contributed by atoms with Crippen LogP contribution in [-0.2, 0) is 6.54 Å². The summed E-state index contributed by atoms with van der Waals surface area (Å²) in [5, 5.41) is 11.0. The second kappa shape index (κ2) is 9.15. The molecule has 5 nitrogen and oxygen atoms in total. The van der Waals surface area contributed by atoms with Crippen molar-refractivity contribution in [2.45, 2.75) is 13.5 Å². The molecule has 0 bridgehead atoms. The van der Waals surface area contributed by atoms with Gasteiger partial charge in [-0.1, -0.05) is 18.2 Å². The van der Waals surface area contributed by atoms with Gasteiger partial charge in [0.1, 0.15) is 0 Å². The predicted octanol–water partition coefficient (Wildman–Crippen LogP) is 2.29. The smallest absolute Gasteiger partial charge is 0.191 e. The second-order valence-electron chi connectivity index (χ2n) is 4.74. The second-order valence-corrected chi connectivity index (χ2v) is 5.73. The Bertz CT molecular complexity index is 579. The van der Waals surface area contributed by atoms with Crippen LogP contribution in [0.3, 0.4) is 0 Å². The summed E-state index contributed by atoms with van der Waals surface area (Å²) in [5.74, 6) is 1.92. The van der Waals surface area contributed by atoms with Crippen LogP contribution >= 0.6 is 11.8 Å². The van der Waals surface area contributed by atoms with Gasteiger partial charge in [0.05, 0.1) is 18.4 Å². The summed E-state index contributed by atoms with van der Waals surface area (Å²) in [7, 11) is 0. The molecule has 1 heterocycles. The van der Waals surface area contributed by atoms with Gasteiger partial charge in [0, 0.05) is 30.6 Å². The quantitative estimate of drug-likeness (QED) is 0.467. The molecule has 0 fully saturated rings. The number of nitrogens with one attached hydrogen (secondary N) is 2.